The van der Waals surface area contributed by atoms with Gasteiger partial charge in [-0.15, -0.1) is 0 Å². The van der Waals surface area contributed by atoms with Crippen LogP contribution in [-0.4, -0.2) is 23.1 Å². The zero-order valence-corrected chi connectivity index (χ0v) is 11.7. The van der Waals surface area contributed by atoms with Crippen molar-refractivity contribution in [2.45, 2.75) is 39.2 Å². The molecule has 0 aliphatic heterocycles. The van der Waals surface area contributed by atoms with Crippen LogP contribution in [0.15, 0.2) is 24.3 Å². The monoisotopic (exact) mass is 264 g/mol. The number of carboxylic acids is 1. The molecular formula is C14H20N2O3. The number of carboxylic acid groups (broad SMARTS) is 1. The van der Waals surface area contributed by atoms with E-state index < -0.39 is 18.0 Å². The van der Waals surface area contributed by atoms with Gasteiger partial charge in [-0.3, -0.25) is 4.79 Å². The number of nitrogens with one attached hydrogen (secondary N) is 2. The van der Waals surface area contributed by atoms with Crippen LogP contribution in [0.3, 0.4) is 0 Å². The van der Waals surface area contributed by atoms with E-state index in [4.69, 9.17) is 5.11 Å². The number of carbonyl (C=O) groups excluding carboxylic acids is 1. The first-order valence-corrected chi connectivity index (χ1v) is 6.11. The van der Waals surface area contributed by atoms with Crippen LogP contribution in [0.1, 0.15) is 33.3 Å². The summed E-state index contributed by atoms with van der Waals surface area (Å²) in [6.07, 6.45) is 0. The maximum atomic E-state index is 11.7. The van der Waals surface area contributed by atoms with Crippen molar-refractivity contribution in [1.29, 1.82) is 0 Å². The lowest BCUT2D eigenvalue weighted by molar-refractivity contribution is -0.138. The van der Waals surface area contributed by atoms with E-state index in [1.54, 1.807) is 6.07 Å². The molecule has 2 amide bonds. The van der Waals surface area contributed by atoms with E-state index in [0.717, 1.165) is 5.56 Å². The number of amides is 2. The fourth-order valence-electron chi connectivity index (χ4n) is 1.66. The molecule has 5 nitrogen and oxygen atoms in total. The van der Waals surface area contributed by atoms with Crippen molar-refractivity contribution in [1.82, 2.24) is 5.32 Å². The molecule has 104 valence electrons. The number of benzene rings is 1. The predicted octanol–water partition coefficient (Wildman–Crippen LogP) is 2.58. The Labute approximate surface area is 113 Å². The second-order valence-corrected chi connectivity index (χ2v) is 5.45. The molecule has 0 fully saturated rings. The second-order valence-electron chi connectivity index (χ2n) is 5.45. The molecular weight excluding hydrogens is 244 g/mol. The van der Waals surface area contributed by atoms with Crippen molar-refractivity contribution < 1.29 is 14.7 Å². The Bertz CT molecular complexity index is 478. The Morgan fingerprint density at radius 1 is 1.21 bits per heavy atom. The summed E-state index contributed by atoms with van der Waals surface area (Å²) in [5.41, 5.74) is 1.57. The van der Waals surface area contributed by atoms with Gasteiger partial charge in [-0.05, 0) is 24.0 Å². The molecule has 0 radical (unpaired) electrons. The van der Waals surface area contributed by atoms with Gasteiger partial charge in [0, 0.05) is 5.69 Å². The summed E-state index contributed by atoms with van der Waals surface area (Å²) >= 11 is 0. The van der Waals surface area contributed by atoms with E-state index in [1.165, 1.54) is 6.92 Å². The van der Waals surface area contributed by atoms with Crippen LogP contribution in [0.5, 0.6) is 0 Å². The zero-order valence-electron chi connectivity index (χ0n) is 11.7. The van der Waals surface area contributed by atoms with Crippen molar-refractivity contribution in [2.75, 3.05) is 5.32 Å². The van der Waals surface area contributed by atoms with Crippen LogP contribution in [0.4, 0.5) is 10.5 Å². The molecule has 3 N–H and O–H groups in total. The third-order valence-electron chi connectivity index (χ3n) is 2.70. The fraction of sp³-hybridized carbons (Fsp3) is 0.429. The van der Waals surface area contributed by atoms with Crippen LogP contribution in [0, 0.1) is 0 Å². The Morgan fingerprint density at radius 2 is 1.79 bits per heavy atom. The van der Waals surface area contributed by atoms with Crippen molar-refractivity contribution in [3.63, 3.8) is 0 Å². The van der Waals surface area contributed by atoms with Crippen molar-refractivity contribution >= 4 is 17.7 Å². The summed E-state index contributed by atoms with van der Waals surface area (Å²) in [7, 11) is 0. The first-order chi connectivity index (χ1) is 8.71. The molecule has 0 heterocycles. The van der Waals surface area contributed by atoms with Crippen LogP contribution in [-0.2, 0) is 10.2 Å². The highest BCUT2D eigenvalue weighted by Gasteiger charge is 2.19. The third-order valence-corrected chi connectivity index (χ3v) is 2.70. The summed E-state index contributed by atoms with van der Waals surface area (Å²) in [6.45, 7) is 7.56. The van der Waals surface area contributed by atoms with Crippen molar-refractivity contribution in [3.05, 3.63) is 29.8 Å². The number of rotatable bonds is 3. The molecule has 0 saturated carbocycles. The highest BCUT2D eigenvalue weighted by atomic mass is 16.4. The van der Waals surface area contributed by atoms with Crippen LogP contribution in [0.2, 0.25) is 0 Å². The van der Waals surface area contributed by atoms with Gasteiger partial charge in [0.15, 0.2) is 0 Å². The van der Waals surface area contributed by atoms with Crippen LogP contribution in [0.25, 0.3) is 0 Å². The van der Waals surface area contributed by atoms with Gasteiger partial charge in [-0.2, -0.15) is 0 Å². The molecule has 0 aliphatic rings. The molecule has 1 rings (SSSR count). The first-order valence-electron chi connectivity index (χ1n) is 6.11. The molecule has 0 saturated heterocycles. The lowest BCUT2D eigenvalue weighted by atomic mass is 9.86. The van der Waals surface area contributed by atoms with Gasteiger partial charge in [0.05, 0.1) is 0 Å². The van der Waals surface area contributed by atoms with Gasteiger partial charge in [0.25, 0.3) is 0 Å². The summed E-state index contributed by atoms with van der Waals surface area (Å²) in [5, 5.41) is 13.8. The van der Waals surface area contributed by atoms with Gasteiger partial charge >= 0.3 is 12.0 Å². The number of hydrogen-bond donors (Lipinski definition) is 3. The predicted molar refractivity (Wildman–Crippen MR) is 74.4 cm³/mol. The van der Waals surface area contributed by atoms with Crippen molar-refractivity contribution in [2.24, 2.45) is 0 Å². The van der Waals surface area contributed by atoms with E-state index in [0.29, 0.717) is 5.69 Å². The van der Waals surface area contributed by atoms with Gasteiger partial charge in [-0.25, -0.2) is 4.79 Å². The van der Waals surface area contributed by atoms with E-state index in [2.05, 4.69) is 10.6 Å². The zero-order chi connectivity index (χ0) is 14.6. The molecule has 1 aromatic carbocycles. The van der Waals surface area contributed by atoms with Crippen LogP contribution < -0.4 is 10.6 Å². The smallest absolute Gasteiger partial charge is 0.325 e. The number of hydrogen-bond acceptors (Lipinski definition) is 2. The normalized spacial score (nSPS) is 12.6. The van der Waals surface area contributed by atoms with E-state index in [-0.39, 0.29) is 5.41 Å². The maximum absolute atomic E-state index is 11.7. The Balaban J connectivity index is 2.83. The summed E-state index contributed by atoms with van der Waals surface area (Å²) in [4.78, 5) is 22.4. The summed E-state index contributed by atoms with van der Waals surface area (Å²) in [6, 6.07) is 6.02. The molecule has 0 unspecified atom stereocenters. The molecule has 19 heavy (non-hydrogen) atoms. The number of para-hydroxylation sites is 1. The van der Waals surface area contributed by atoms with Gasteiger partial charge in [0.1, 0.15) is 6.04 Å². The highest BCUT2D eigenvalue weighted by Crippen LogP contribution is 2.29. The molecule has 0 aliphatic carbocycles. The standard InChI is InChI=1S/C14H20N2O3/c1-9(12(17)18)15-13(19)16-11-8-6-5-7-10(11)14(2,3)4/h5-9H,1-4H3,(H,17,18)(H2,15,16,19)/t9-/m1/s1. The molecule has 0 spiro atoms. The Kier molecular flexibility index (Phi) is 4.53. The number of urea groups is 1. The maximum Gasteiger partial charge on any atom is 0.325 e. The van der Waals surface area contributed by atoms with E-state index in [9.17, 15) is 9.59 Å². The molecule has 5 heteroatoms. The third kappa shape index (κ3) is 4.28. The number of anilines is 1. The van der Waals surface area contributed by atoms with Gasteiger partial charge in [-0.1, -0.05) is 39.0 Å². The average Bonchev–Trinajstić information content (AvgIpc) is 2.27. The molecule has 1 atom stereocenters. The second kappa shape index (κ2) is 5.73. The average molecular weight is 264 g/mol. The van der Waals surface area contributed by atoms with E-state index in [1.807, 2.05) is 39.0 Å². The lowest BCUT2D eigenvalue weighted by Crippen LogP contribution is -2.41. The molecule has 0 bridgehead atoms. The number of carbonyl (C=O) groups is 2. The molecule has 1 aromatic rings. The Morgan fingerprint density at radius 3 is 2.32 bits per heavy atom. The number of aliphatic carboxylic acids is 1. The fourth-order valence-corrected chi connectivity index (χ4v) is 1.66. The lowest BCUT2D eigenvalue weighted by Gasteiger charge is -2.23. The largest absolute Gasteiger partial charge is 0.480 e. The van der Waals surface area contributed by atoms with Crippen molar-refractivity contribution in [3.8, 4) is 0 Å². The van der Waals surface area contributed by atoms with E-state index >= 15 is 0 Å². The quantitative estimate of drug-likeness (QED) is 0.785. The summed E-state index contributed by atoms with van der Waals surface area (Å²) < 4.78 is 0. The van der Waals surface area contributed by atoms with Gasteiger partial charge in [0.2, 0.25) is 0 Å². The van der Waals surface area contributed by atoms with Gasteiger partial charge < -0.3 is 15.7 Å². The minimum atomic E-state index is -1.07. The Hall–Kier alpha value is -2.04. The molecule has 0 aromatic heterocycles. The van der Waals surface area contributed by atoms with Crippen LogP contribution >= 0.6 is 0 Å². The topological polar surface area (TPSA) is 78.4 Å². The minimum absolute atomic E-state index is 0.109. The first kappa shape index (κ1) is 15.0. The summed E-state index contributed by atoms with van der Waals surface area (Å²) in [5.74, 6) is -1.07. The SMILES string of the molecule is C[C@@H](NC(=O)Nc1ccccc1C(C)(C)C)C(=O)O. The highest BCUT2D eigenvalue weighted by molar-refractivity contribution is 5.92. The minimum Gasteiger partial charge on any atom is -0.480 e.